The fourth-order valence-corrected chi connectivity index (χ4v) is 2.94. The second-order valence-electron chi connectivity index (χ2n) is 5.41. The monoisotopic (exact) mass is 352 g/mol. The molecule has 0 spiro atoms. The molecular formula is C18H13BrN2O. The van der Waals surface area contributed by atoms with Crippen LogP contribution >= 0.6 is 15.9 Å². The minimum absolute atomic E-state index is 0.675. The zero-order valence-electron chi connectivity index (χ0n) is 12.2. The van der Waals surface area contributed by atoms with Gasteiger partial charge in [-0.05, 0) is 43.7 Å². The first-order chi connectivity index (χ1) is 10.6. The van der Waals surface area contributed by atoms with Gasteiger partial charge in [0.05, 0.1) is 5.69 Å². The molecule has 0 aliphatic rings. The number of hydrogen-bond acceptors (Lipinski definition) is 3. The van der Waals surface area contributed by atoms with E-state index in [0.29, 0.717) is 5.71 Å². The molecule has 1 aromatic carbocycles. The number of aryl methyl sites for hydroxylation is 2. The van der Waals surface area contributed by atoms with Crippen molar-refractivity contribution >= 4 is 38.0 Å². The molecule has 0 bridgehead atoms. The van der Waals surface area contributed by atoms with E-state index in [1.807, 2.05) is 44.3 Å². The Morgan fingerprint density at radius 2 is 1.91 bits per heavy atom. The van der Waals surface area contributed by atoms with Gasteiger partial charge in [0.2, 0.25) is 5.71 Å². The van der Waals surface area contributed by atoms with Crippen molar-refractivity contribution in [3.8, 4) is 11.3 Å². The van der Waals surface area contributed by atoms with Crippen molar-refractivity contribution in [1.29, 1.82) is 0 Å². The van der Waals surface area contributed by atoms with Crippen molar-refractivity contribution in [2.75, 3.05) is 0 Å². The molecule has 0 aliphatic carbocycles. The number of rotatable bonds is 1. The molecular weight excluding hydrogens is 340 g/mol. The van der Waals surface area contributed by atoms with Crippen molar-refractivity contribution in [2.24, 2.45) is 0 Å². The summed E-state index contributed by atoms with van der Waals surface area (Å²) in [7, 11) is 0. The lowest BCUT2D eigenvalue weighted by Gasteiger charge is -2.04. The summed E-state index contributed by atoms with van der Waals surface area (Å²) in [4.78, 5) is 9.02. The molecule has 0 radical (unpaired) electrons. The van der Waals surface area contributed by atoms with Crippen molar-refractivity contribution in [1.82, 2.24) is 9.97 Å². The summed E-state index contributed by atoms with van der Waals surface area (Å²) in [5.74, 6) is 0. The molecule has 0 atom stereocenters. The molecule has 3 heterocycles. The van der Waals surface area contributed by atoms with Gasteiger partial charge in [0.1, 0.15) is 5.58 Å². The molecule has 3 nitrogen and oxygen atoms in total. The minimum Gasteiger partial charge on any atom is -0.437 e. The number of fused-ring (bicyclic) bond motifs is 3. The van der Waals surface area contributed by atoms with Crippen LogP contribution in [0.15, 0.2) is 51.5 Å². The Balaban J connectivity index is 2.05. The van der Waals surface area contributed by atoms with E-state index in [0.717, 1.165) is 43.3 Å². The third-order valence-corrected chi connectivity index (χ3v) is 4.67. The van der Waals surface area contributed by atoms with Gasteiger partial charge < -0.3 is 4.42 Å². The van der Waals surface area contributed by atoms with E-state index < -0.39 is 0 Å². The average molecular weight is 353 g/mol. The first-order valence-corrected chi connectivity index (χ1v) is 7.84. The van der Waals surface area contributed by atoms with E-state index >= 15 is 0 Å². The fraction of sp³-hybridized carbons (Fsp3) is 0.111. The Kier molecular flexibility index (Phi) is 3.01. The van der Waals surface area contributed by atoms with E-state index in [2.05, 4.69) is 38.0 Å². The van der Waals surface area contributed by atoms with Gasteiger partial charge in [0.25, 0.3) is 0 Å². The Bertz CT molecular complexity index is 1020. The molecule has 3 aromatic heterocycles. The highest BCUT2D eigenvalue weighted by atomic mass is 79.9. The molecule has 0 saturated heterocycles. The molecule has 0 unspecified atom stereocenters. The molecule has 0 saturated carbocycles. The number of aromatic nitrogens is 2. The highest BCUT2D eigenvalue weighted by molar-refractivity contribution is 9.10. The smallest absolute Gasteiger partial charge is 0.227 e. The van der Waals surface area contributed by atoms with Gasteiger partial charge in [-0.3, -0.25) is 4.98 Å². The number of pyridine rings is 2. The van der Waals surface area contributed by atoms with Crippen LogP contribution in [0.3, 0.4) is 0 Å². The van der Waals surface area contributed by atoms with Crippen LogP contribution in [-0.4, -0.2) is 9.97 Å². The topological polar surface area (TPSA) is 38.9 Å². The molecule has 0 fully saturated rings. The van der Waals surface area contributed by atoms with Crippen LogP contribution < -0.4 is 0 Å². The SMILES string of the molecule is Cc1ccc2c(n1)oc1c(-c3cc(Br)c(C)cn3)cccc12. The van der Waals surface area contributed by atoms with E-state index in [-0.39, 0.29) is 0 Å². The van der Waals surface area contributed by atoms with Crippen LogP contribution in [0.1, 0.15) is 11.3 Å². The van der Waals surface area contributed by atoms with Crippen LogP contribution in [0.5, 0.6) is 0 Å². The molecule has 108 valence electrons. The van der Waals surface area contributed by atoms with Gasteiger partial charge in [-0.2, -0.15) is 0 Å². The van der Waals surface area contributed by atoms with E-state index in [1.165, 1.54) is 0 Å². The maximum absolute atomic E-state index is 6.02. The summed E-state index contributed by atoms with van der Waals surface area (Å²) in [6.07, 6.45) is 1.86. The highest BCUT2D eigenvalue weighted by Gasteiger charge is 2.14. The summed E-state index contributed by atoms with van der Waals surface area (Å²) in [5, 5.41) is 2.10. The summed E-state index contributed by atoms with van der Waals surface area (Å²) < 4.78 is 7.06. The van der Waals surface area contributed by atoms with Gasteiger partial charge in [-0.15, -0.1) is 0 Å². The molecule has 0 amide bonds. The lowest BCUT2D eigenvalue weighted by Crippen LogP contribution is -1.86. The van der Waals surface area contributed by atoms with Gasteiger partial charge in [-0.1, -0.05) is 28.1 Å². The van der Waals surface area contributed by atoms with Gasteiger partial charge >= 0.3 is 0 Å². The highest BCUT2D eigenvalue weighted by Crippen LogP contribution is 2.35. The molecule has 0 N–H and O–H groups in total. The molecule has 4 heteroatoms. The minimum atomic E-state index is 0.675. The molecule has 4 rings (SSSR count). The number of hydrogen-bond donors (Lipinski definition) is 0. The quantitative estimate of drug-likeness (QED) is 0.458. The van der Waals surface area contributed by atoms with Gasteiger partial charge in [0, 0.05) is 32.7 Å². The molecule has 22 heavy (non-hydrogen) atoms. The zero-order valence-corrected chi connectivity index (χ0v) is 13.8. The number of benzene rings is 1. The van der Waals surface area contributed by atoms with Gasteiger partial charge in [-0.25, -0.2) is 4.98 Å². The van der Waals surface area contributed by atoms with Crippen LogP contribution in [0.2, 0.25) is 0 Å². The predicted octanol–water partition coefficient (Wildman–Crippen LogP) is 5.42. The summed E-state index contributed by atoms with van der Waals surface area (Å²) in [5.41, 5.74) is 5.43. The normalized spacial score (nSPS) is 11.4. The molecule has 0 aliphatic heterocycles. The van der Waals surface area contributed by atoms with Crippen LogP contribution in [0, 0.1) is 13.8 Å². The van der Waals surface area contributed by atoms with E-state index in [9.17, 15) is 0 Å². The third kappa shape index (κ3) is 2.03. The Morgan fingerprint density at radius 1 is 1.05 bits per heavy atom. The lowest BCUT2D eigenvalue weighted by molar-refractivity contribution is 0.653. The Morgan fingerprint density at radius 3 is 2.73 bits per heavy atom. The van der Waals surface area contributed by atoms with Crippen LogP contribution in [-0.2, 0) is 0 Å². The first kappa shape index (κ1) is 13.5. The van der Waals surface area contributed by atoms with Gasteiger partial charge in [0.15, 0.2) is 0 Å². The summed E-state index contributed by atoms with van der Waals surface area (Å²) in [6, 6.07) is 12.2. The summed E-state index contributed by atoms with van der Waals surface area (Å²) >= 11 is 3.57. The van der Waals surface area contributed by atoms with Crippen molar-refractivity contribution in [3.63, 3.8) is 0 Å². The number of nitrogens with zero attached hydrogens (tertiary/aromatic N) is 2. The predicted molar refractivity (Wildman–Crippen MR) is 91.9 cm³/mol. The fourth-order valence-electron chi connectivity index (χ4n) is 2.62. The average Bonchev–Trinajstić information content (AvgIpc) is 2.87. The number of para-hydroxylation sites is 1. The Hall–Kier alpha value is -2.20. The van der Waals surface area contributed by atoms with Crippen molar-refractivity contribution < 1.29 is 4.42 Å². The second-order valence-corrected chi connectivity index (χ2v) is 6.26. The van der Waals surface area contributed by atoms with E-state index in [1.54, 1.807) is 0 Å². The molecule has 4 aromatic rings. The first-order valence-electron chi connectivity index (χ1n) is 7.05. The van der Waals surface area contributed by atoms with Crippen LogP contribution in [0.4, 0.5) is 0 Å². The largest absolute Gasteiger partial charge is 0.437 e. The maximum Gasteiger partial charge on any atom is 0.227 e. The zero-order chi connectivity index (χ0) is 15.3. The second kappa shape index (κ2) is 4.92. The standard InChI is InChI=1S/C18H13BrN2O/c1-10-9-20-16(8-15(10)19)14-5-3-4-12-13-7-6-11(2)21-18(13)22-17(12)14/h3-9H,1-2H3. The lowest BCUT2D eigenvalue weighted by atomic mass is 10.1. The van der Waals surface area contributed by atoms with E-state index in [4.69, 9.17) is 4.42 Å². The van der Waals surface area contributed by atoms with Crippen LogP contribution in [0.25, 0.3) is 33.3 Å². The maximum atomic E-state index is 6.02. The number of furan rings is 1. The Labute approximate surface area is 136 Å². The van der Waals surface area contributed by atoms with Crippen molar-refractivity contribution in [2.45, 2.75) is 13.8 Å². The van der Waals surface area contributed by atoms with Crippen molar-refractivity contribution in [3.05, 3.63) is 58.3 Å². The number of halogens is 1. The third-order valence-electron chi connectivity index (χ3n) is 3.82. The summed E-state index contributed by atoms with van der Waals surface area (Å²) in [6.45, 7) is 3.99.